The number of aromatic carboxylic acids is 1. The minimum atomic E-state index is -0.876. The van der Waals surface area contributed by atoms with Crippen molar-refractivity contribution in [3.8, 4) is 0 Å². The maximum atomic E-state index is 11.4. The van der Waals surface area contributed by atoms with E-state index in [4.69, 9.17) is 0 Å². The number of hydrogen-bond donors (Lipinski definition) is 1. The molecule has 2 unspecified atom stereocenters. The monoisotopic (exact) mass is 272 g/mol. The van der Waals surface area contributed by atoms with Crippen molar-refractivity contribution in [1.82, 2.24) is 9.55 Å². The van der Waals surface area contributed by atoms with Crippen molar-refractivity contribution in [1.29, 1.82) is 0 Å². The van der Waals surface area contributed by atoms with E-state index in [1.54, 1.807) is 12.1 Å². The molecule has 1 saturated carbocycles. The van der Waals surface area contributed by atoms with Gasteiger partial charge < -0.3 is 9.67 Å². The van der Waals surface area contributed by atoms with Gasteiger partial charge in [0.1, 0.15) is 0 Å². The van der Waals surface area contributed by atoms with Crippen molar-refractivity contribution in [2.75, 3.05) is 0 Å². The van der Waals surface area contributed by atoms with Crippen LogP contribution >= 0.6 is 0 Å². The predicted molar refractivity (Wildman–Crippen MR) is 78.0 cm³/mol. The molecular weight excluding hydrogens is 252 g/mol. The number of imidazole rings is 1. The molecule has 4 nitrogen and oxygen atoms in total. The molecular formula is C16H20N2O2. The van der Waals surface area contributed by atoms with Crippen LogP contribution in [0, 0.1) is 5.92 Å². The van der Waals surface area contributed by atoms with E-state index in [9.17, 15) is 9.90 Å². The average molecular weight is 272 g/mol. The molecule has 1 N–H and O–H groups in total. The van der Waals surface area contributed by atoms with Gasteiger partial charge >= 0.3 is 5.97 Å². The average Bonchev–Trinajstić information content (AvgIpc) is 2.75. The van der Waals surface area contributed by atoms with E-state index in [0.29, 0.717) is 11.6 Å². The Hall–Kier alpha value is -1.84. The fourth-order valence-corrected chi connectivity index (χ4v) is 3.28. The first-order chi connectivity index (χ1) is 9.66. The number of benzene rings is 1. The van der Waals surface area contributed by atoms with Gasteiger partial charge in [-0.15, -0.1) is 0 Å². The summed E-state index contributed by atoms with van der Waals surface area (Å²) in [5.74, 6) is -0.104. The molecule has 0 amide bonds. The van der Waals surface area contributed by atoms with Gasteiger partial charge in [0.15, 0.2) is 0 Å². The third-order valence-corrected chi connectivity index (χ3v) is 4.44. The van der Waals surface area contributed by atoms with Gasteiger partial charge in [0.2, 0.25) is 0 Å². The van der Waals surface area contributed by atoms with E-state index < -0.39 is 5.97 Å². The molecule has 1 aliphatic carbocycles. The van der Waals surface area contributed by atoms with Gasteiger partial charge in [-0.2, -0.15) is 0 Å². The van der Waals surface area contributed by atoms with Gasteiger partial charge in [0.05, 0.1) is 22.9 Å². The van der Waals surface area contributed by atoms with Crippen LogP contribution in [-0.4, -0.2) is 20.6 Å². The van der Waals surface area contributed by atoms with Crippen LogP contribution in [0.1, 0.15) is 55.4 Å². The van der Waals surface area contributed by atoms with Crippen LogP contribution in [0.15, 0.2) is 24.5 Å². The Morgan fingerprint density at radius 2 is 2.15 bits per heavy atom. The van der Waals surface area contributed by atoms with E-state index in [1.165, 1.54) is 19.3 Å². The highest BCUT2D eigenvalue weighted by molar-refractivity contribution is 6.01. The van der Waals surface area contributed by atoms with Gasteiger partial charge in [-0.05, 0) is 37.3 Å². The first kappa shape index (κ1) is 13.2. The summed E-state index contributed by atoms with van der Waals surface area (Å²) in [5, 5.41) is 9.38. The normalized spacial score (nSPS) is 23.6. The van der Waals surface area contributed by atoms with Crippen LogP contribution < -0.4 is 0 Å². The lowest BCUT2D eigenvalue weighted by Gasteiger charge is -2.18. The Bertz CT molecular complexity index is 632. The largest absolute Gasteiger partial charge is 0.478 e. The van der Waals surface area contributed by atoms with Crippen LogP contribution in [0.25, 0.3) is 11.0 Å². The summed E-state index contributed by atoms with van der Waals surface area (Å²) in [4.78, 5) is 15.8. The Balaban J connectivity index is 2.05. The number of carbonyl (C=O) groups is 1. The van der Waals surface area contributed by atoms with Crippen molar-refractivity contribution < 1.29 is 9.90 Å². The number of carboxylic acid groups (broad SMARTS) is 1. The number of rotatable bonds is 2. The fraction of sp³-hybridized carbons (Fsp3) is 0.500. The third-order valence-electron chi connectivity index (χ3n) is 4.44. The molecule has 0 saturated heterocycles. The second kappa shape index (κ2) is 5.27. The smallest absolute Gasteiger partial charge is 0.337 e. The molecule has 0 spiro atoms. The summed E-state index contributed by atoms with van der Waals surface area (Å²) in [6.45, 7) is 2.30. The molecule has 2 aromatic rings. The molecule has 1 heterocycles. The lowest BCUT2D eigenvalue weighted by molar-refractivity contribution is 0.0698. The number of para-hydroxylation sites is 1. The fourth-order valence-electron chi connectivity index (χ4n) is 3.28. The third kappa shape index (κ3) is 2.30. The molecule has 1 fully saturated rings. The lowest BCUT2D eigenvalue weighted by Crippen LogP contribution is -2.09. The molecule has 0 bridgehead atoms. The quantitative estimate of drug-likeness (QED) is 0.844. The highest BCUT2D eigenvalue weighted by Crippen LogP contribution is 2.33. The summed E-state index contributed by atoms with van der Waals surface area (Å²) in [7, 11) is 0. The van der Waals surface area contributed by atoms with Crippen molar-refractivity contribution in [3.63, 3.8) is 0 Å². The van der Waals surface area contributed by atoms with E-state index in [2.05, 4.69) is 16.5 Å². The van der Waals surface area contributed by atoms with Gasteiger partial charge in [0, 0.05) is 6.04 Å². The maximum Gasteiger partial charge on any atom is 0.337 e. The Morgan fingerprint density at radius 1 is 1.30 bits per heavy atom. The minimum Gasteiger partial charge on any atom is -0.478 e. The number of nitrogens with zero attached hydrogens (tertiary/aromatic N) is 2. The molecule has 1 aliphatic rings. The van der Waals surface area contributed by atoms with Crippen LogP contribution in [0.3, 0.4) is 0 Å². The Kier molecular flexibility index (Phi) is 3.47. The van der Waals surface area contributed by atoms with E-state index >= 15 is 0 Å². The number of aromatic nitrogens is 2. The lowest BCUT2D eigenvalue weighted by atomic mass is 10.0. The molecule has 1 aromatic carbocycles. The predicted octanol–water partition coefficient (Wildman–Crippen LogP) is 3.88. The summed E-state index contributed by atoms with van der Waals surface area (Å²) in [6, 6.07) is 5.70. The standard InChI is InChI=1S/C16H20N2O2/c1-11-4-2-5-12(9-8-11)18-10-17-14-7-3-6-13(15(14)18)16(19)20/h3,6-7,10-12H,2,4-5,8-9H2,1H3,(H,19,20). The highest BCUT2D eigenvalue weighted by Gasteiger charge is 2.21. The zero-order valence-corrected chi connectivity index (χ0v) is 11.7. The maximum absolute atomic E-state index is 11.4. The molecule has 106 valence electrons. The van der Waals surface area contributed by atoms with E-state index in [0.717, 1.165) is 29.8 Å². The van der Waals surface area contributed by atoms with Crippen molar-refractivity contribution in [2.24, 2.45) is 5.92 Å². The van der Waals surface area contributed by atoms with Crippen LogP contribution in [0.2, 0.25) is 0 Å². The SMILES string of the molecule is CC1CCCC(n2cnc3cccc(C(=O)O)c32)CC1. The van der Waals surface area contributed by atoms with E-state index in [1.807, 2.05) is 12.4 Å². The van der Waals surface area contributed by atoms with Gasteiger partial charge in [0.25, 0.3) is 0 Å². The molecule has 2 atom stereocenters. The van der Waals surface area contributed by atoms with Crippen molar-refractivity contribution in [2.45, 2.75) is 45.1 Å². The second-order valence-electron chi connectivity index (χ2n) is 5.90. The van der Waals surface area contributed by atoms with Gasteiger partial charge in [-0.1, -0.05) is 25.8 Å². The molecule has 0 aliphatic heterocycles. The molecule has 20 heavy (non-hydrogen) atoms. The Labute approximate surface area is 118 Å². The first-order valence-electron chi connectivity index (χ1n) is 7.35. The van der Waals surface area contributed by atoms with Gasteiger partial charge in [-0.3, -0.25) is 0 Å². The first-order valence-corrected chi connectivity index (χ1v) is 7.35. The zero-order valence-electron chi connectivity index (χ0n) is 11.7. The molecule has 3 rings (SSSR count). The van der Waals surface area contributed by atoms with Crippen molar-refractivity contribution in [3.05, 3.63) is 30.1 Å². The van der Waals surface area contributed by atoms with Gasteiger partial charge in [-0.25, -0.2) is 9.78 Å². The van der Waals surface area contributed by atoms with Crippen LogP contribution in [0.5, 0.6) is 0 Å². The summed E-state index contributed by atoms with van der Waals surface area (Å²) >= 11 is 0. The molecule has 0 radical (unpaired) electrons. The number of fused-ring (bicyclic) bond motifs is 1. The minimum absolute atomic E-state index is 0.359. The molecule has 4 heteroatoms. The zero-order chi connectivity index (χ0) is 14.1. The summed E-state index contributed by atoms with van der Waals surface area (Å²) in [6.07, 6.45) is 7.73. The summed E-state index contributed by atoms with van der Waals surface area (Å²) in [5.41, 5.74) is 1.92. The molecule has 1 aromatic heterocycles. The second-order valence-corrected chi connectivity index (χ2v) is 5.90. The summed E-state index contributed by atoms with van der Waals surface area (Å²) < 4.78 is 2.09. The van der Waals surface area contributed by atoms with Crippen LogP contribution in [-0.2, 0) is 0 Å². The highest BCUT2D eigenvalue weighted by atomic mass is 16.4. The van der Waals surface area contributed by atoms with E-state index in [-0.39, 0.29) is 0 Å². The van der Waals surface area contributed by atoms with Crippen LogP contribution in [0.4, 0.5) is 0 Å². The number of carboxylic acids is 1. The Morgan fingerprint density at radius 3 is 2.95 bits per heavy atom. The van der Waals surface area contributed by atoms with Crippen molar-refractivity contribution >= 4 is 17.0 Å². The topological polar surface area (TPSA) is 55.1 Å². The number of hydrogen-bond acceptors (Lipinski definition) is 2.